The van der Waals surface area contributed by atoms with Crippen molar-refractivity contribution in [3.8, 4) is 0 Å². The van der Waals surface area contributed by atoms with Gasteiger partial charge in [-0.05, 0) is 12.1 Å². The Bertz CT molecular complexity index is 1050. The third-order valence-corrected chi connectivity index (χ3v) is 4.71. The van der Waals surface area contributed by atoms with Crippen LogP contribution in [0.5, 0.6) is 0 Å². The minimum absolute atomic E-state index is 0.0820. The van der Waals surface area contributed by atoms with Gasteiger partial charge in [0.1, 0.15) is 5.82 Å². The Balaban J connectivity index is 1.47. The number of aryl methyl sites for hydroxylation is 1. The first kappa shape index (κ1) is 16.5. The van der Waals surface area contributed by atoms with Gasteiger partial charge in [0.15, 0.2) is 5.82 Å². The highest BCUT2D eigenvalue weighted by molar-refractivity contribution is 5.77. The lowest BCUT2D eigenvalue weighted by Gasteiger charge is -2.34. The SMILES string of the molecule is Cn1ccnc(N2CCN(Cc3nc4ccccc4c(=O)[nH]3)CC2)c1=O. The minimum atomic E-state index is -0.110. The van der Waals surface area contributed by atoms with Crippen LogP contribution in [0.1, 0.15) is 5.82 Å². The van der Waals surface area contributed by atoms with Crippen molar-refractivity contribution in [1.82, 2.24) is 24.4 Å². The highest BCUT2D eigenvalue weighted by Crippen LogP contribution is 2.11. The van der Waals surface area contributed by atoms with Crippen LogP contribution in [0.4, 0.5) is 5.82 Å². The van der Waals surface area contributed by atoms with Gasteiger partial charge in [-0.1, -0.05) is 12.1 Å². The molecule has 0 bridgehead atoms. The third kappa shape index (κ3) is 3.11. The molecule has 2 aromatic heterocycles. The van der Waals surface area contributed by atoms with E-state index in [0.29, 0.717) is 42.2 Å². The Morgan fingerprint density at radius 2 is 1.88 bits per heavy atom. The van der Waals surface area contributed by atoms with Crippen LogP contribution in [0.3, 0.4) is 0 Å². The first-order valence-electron chi connectivity index (χ1n) is 8.59. The van der Waals surface area contributed by atoms with Crippen LogP contribution < -0.4 is 16.0 Å². The Hall–Kier alpha value is -3.00. The van der Waals surface area contributed by atoms with E-state index in [0.717, 1.165) is 13.1 Å². The Morgan fingerprint density at radius 3 is 2.69 bits per heavy atom. The van der Waals surface area contributed by atoms with E-state index >= 15 is 0 Å². The molecule has 0 radical (unpaired) electrons. The van der Waals surface area contributed by atoms with Gasteiger partial charge in [-0.15, -0.1) is 0 Å². The third-order valence-electron chi connectivity index (χ3n) is 4.71. The fraction of sp³-hybridized carbons (Fsp3) is 0.333. The molecule has 0 unspecified atom stereocenters. The van der Waals surface area contributed by atoms with E-state index in [4.69, 9.17) is 0 Å². The fourth-order valence-electron chi connectivity index (χ4n) is 3.24. The van der Waals surface area contributed by atoms with Gasteiger partial charge in [0, 0.05) is 45.6 Å². The molecule has 0 saturated carbocycles. The summed E-state index contributed by atoms with van der Waals surface area (Å²) >= 11 is 0. The van der Waals surface area contributed by atoms with Gasteiger partial charge in [-0.25, -0.2) is 9.97 Å². The summed E-state index contributed by atoms with van der Waals surface area (Å²) < 4.78 is 1.54. The van der Waals surface area contributed by atoms with Crippen LogP contribution in [0.25, 0.3) is 10.9 Å². The number of para-hydroxylation sites is 1. The second-order valence-electron chi connectivity index (χ2n) is 6.46. The number of H-pyrrole nitrogens is 1. The molecule has 3 aromatic rings. The van der Waals surface area contributed by atoms with Gasteiger partial charge >= 0.3 is 0 Å². The van der Waals surface area contributed by atoms with Crippen molar-refractivity contribution in [1.29, 1.82) is 0 Å². The molecule has 1 aliphatic heterocycles. The number of fused-ring (bicyclic) bond motifs is 1. The maximum atomic E-state index is 12.2. The van der Waals surface area contributed by atoms with Crippen LogP contribution in [0.15, 0.2) is 46.2 Å². The van der Waals surface area contributed by atoms with E-state index in [1.807, 2.05) is 23.1 Å². The second kappa shape index (κ2) is 6.72. The number of hydrogen-bond donors (Lipinski definition) is 1. The number of aromatic nitrogens is 4. The van der Waals surface area contributed by atoms with Gasteiger partial charge in [0.25, 0.3) is 11.1 Å². The molecule has 0 spiro atoms. The van der Waals surface area contributed by atoms with Crippen molar-refractivity contribution in [3.05, 3.63) is 63.2 Å². The summed E-state index contributed by atoms with van der Waals surface area (Å²) in [5.41, 5.74) is 0.518. The predicted molar refractivity (Wildman–Crippen MR) is 99.3 cm³/mol. The number of anilines is 1. The maximum Gasteiger partial charge on any atom is 0.293 e. The van der Waals surface area contributed by atoms with Gasteiger partial charge in [-0.3, -0.25) is 14.5 Å². The van der Waals surface area contributed by atoms with Crippen LogP contribution in [-0.4, -0.2) is 50.6 Å². The highest BCUT2D eigenvalue weighted by Gasteiger charge is 2.21. The van der Waals surface area contributed by atoms with Gasteiger partial charge < -0.3 is 14.5 Å². The summed E-state index contributed by atoms with van der Waals surface area (Å²) in [6.07, 6.45) is 3.30. The van der Waals surface area contributed by atoms with Crippen LogP contribution >= 0.6 is 0 Å². The number of nitrogens with one attached hydrogen (secondary N) is 1. The van der Waals surface area contributed by atoms with Crippen molar-refractivity contribution in [2.24, 2.45) is 7.05 Å². The molecule has 1 aromatic carbocycles. The fourth-order valence-corrected chi connectivity index (χ4v) is 3.24. The van der Waals surface area contributed by atoms with Gasteiger partial charge in [0.2, 0.25) is 0 Å². The molecule has 4 rings (SSSR count). The number of benzene rings is 1. The van der Waals surface area contributed by atoms with Crippen LogP contribution in [-0.2, 0) is 13.6 Å². The molecule has 1 saturated heterocycles. The van der Waals surface area contributed by atoms with E-state index in [1.165, 1.54) is 0 Å². The average molecular weight is 352 g/mol. The molecular formula is C18H20N6O2. The summed E-state index contributed by atoms with van der Waals surface area (Å²) in [4.78, 5) is 40.3. The lowest BCUT2D eigenvalue weighted by atomic mass is 10.2. The molecule has 8 nitrogen and oxygen atoms in total. The molecule has 134 valence electrons. The molecule has 26 heavy (non-hydrogen) atoms. The molecule has 0 amide bonds. The number of piperazine rings is 1. The first-order chi connectivity index (χ1) is 12.6. The number of rotatable bonds is 3. The molecule has 3 heterocycles. The van der Waals surface area contributed by atoms with Crippen molar-refractivity contribution >= 4 is 16.7 Å². The zero-order chi connectivity index (χ0) is 18.1. The quantitative estimate of drug-likeness (QED) is 0.731. The molecule has 0 atom stereocenters. The monoisotopic (exact) mass is 352 g/mol. The van der Waals surface area contributed by atoms with E-state index in [2.05, 4.69) is 19.9 Å². The summed E-state index contributed by atoms with van der Waals surface area (Å²) in [5, 5.41) is 0.604. The van der Waals surface area contributed by atoms with Crippen LogP contribution in [0, 0.1) is 0 Å². The molecule has 8 heteroatoms. The number of nitrogens with zero attached hydrogens (tertiary/aromatic N) is 5. The Kier molecular flexibility index (Phi) is 4.26. The van der Waals surface area contributed by atoms with Crippen LogP contribution in [0.2, 0.25) is 0 Å². The molecule has 1 fully saturated rings. The average Bonchev–Trinajstić information content (AvgIpc) is 2.65. The largest absolute Gasteiger partial charge is 0.349 e. The summed E-state index contributed by atoms with van der Waals surface area (Å²) in [7, 11) is 1.73. The first-order valence-corrected chi connectivity index (χ1v) is 8.59. The minimum Gasteiger partial charge on any atom is -0.349 e. The van der Waals surface area contributed by atoms with E-state index in [9.17, 15) is 9.59 Å². The van der Waals surface area contributed by atoms with E-state index < -0.39 is 0 Å². The van der Waals surface area contributed by atoms with Crippen molar-refractivity contribution in [2.75, 3.05) is 31.1 Å². The summed E-state index contributed by atoms with van der Waals surface area (Å²) in [6.45, 7) is 3.55. The Labute approximate surface area is 149 Å². The zero-order valence-corrected chi connectivity index (χ0v) is 14.6. The van der Waals surface area contributed by atoms with Crippen molar-refractivity contribution in [3.63, 3.8) is 0 Å². The number of aromatic amines is 1. The summed E-state index contributed by atoms with van der Waals surface area (Å²) in [6, 6.07) is 7.34. The summed E-state index contributed by atoms with van der Waals surface area (Å²) in [5.74, 6) is 1.16. The van der Waals surface area contributed by atoms with E-state index in [1.54, 1.807) is 30.1 Å². The maximum absolute atomic E-state index is 12.2. The standard InChI is InChI=1S/C18H20N6O2/c1-22-7-6-19-16(18(22)26)24-10-8-23(9-11-24)12-15-20-14-5-3-2-4-13(14)17(25)21-15/h2-7H,8-12H2,1H3,(H,20,21,25). The second-order valence-corrected chi connectivity index (χ2v) is 6.46. The molecule has 0 aliphatic carbocycles. The van der Waals surface area contributed by atoms with Gasteiger partial charge in [-0.2, -0.15) is 0 Å². The molecule has 1 N–H and O–H groups in total. The molecule has 1 aliphatic rings. The number of hydrogen-bond acceptors (Lipinski definition) is 6. The topological polar surface area (TPSA) is 87.1 Å². The van der Waals surface area contributed by atoms with Gasteiger partial charge in [0.05, 0.1) is 17.4 Å². The van der Waals surface area contributed by atoms with Crippen molar-refractivity contribution in [2.45, 2.75) is 6.54 Å². The lowest BCUT2D eigenvalue weighted by molar-refractivity contribution is 0.243. The predicted octanol–water partition coefficient (Wildman–Crippen LogP) is 0.339. The Morgan fingerprint density at radius 1 is 1.12 bits per heavy atom. The smallest absolute Gasteiger partial charge is 0.293 e. The van der Waals surface area contributed by atoms with E-state index in [-0.39, 0.29) is 11.1 Å². The lowest BCUT2D eigenvalue weighted by Crippen LogP contribution is -2.48. The zero-order valence-electron chi connectivity index (χ0n) is 14.6. The van der Waals surface area contributed by atoms with Crippen molar-refractivity contribution < 1.29 is 0 Å². The molecular weight excluding hydrogens is 332 g/mol. The highest BCUT2D eigenvalue weighted by atomic mass is 16.1. The normalized spacial score (nSPS) is 15.5.